The Hall–Kier alpha value is -3.41. The van der Waals surface area contributed by atoms with Crippen LogP contribution in [-0.4, -0.2) is 22.5 Å². The molecule has 0 aliphatic carbocycles. The quantitative estimate of drug-likeness (QED) is 0.453. The van der Waals surface area contributed by atoms with Crippen molar-refractivity contribution in [2.45, 2.75) is 20.3 Å². The molecule has 3 rings (SSSR count). The first kappa shape index (κ1) is 18.4. The lowest BCUT2D eigenvalue weighted by Gasteiger charge is -2.12. The summed E-state index contributed by atoms with van der Waals surface area (Å²) in [6.07, 6.45) is 0.847. The number of nitrogens with zero attached hydrogens (tertiary/aromatic N) is 2. The number of nitrogens with one attached hydrogen (secondary N) is 3. The van der Waals surface area contributed by atoms with Gasteiger partial charge in [-0.2, -0.15) is 0 Å². The maximum atomic E-state index is 8.08. The van der Waals surface area contributed by atoms with Crippen molar-refractivity contribution in [3.8, 4) is 5.75 Å². The Morgan fingerprint density at radius 1 is 0.926 bits per heavy atom. The number of aromatic nitrogens is 2. The number of rotatable bonds is 6. The minimum atomic E-state index is 0.0986. The fraction of sp³-hybridized carbons (Fsp3) is 0.190. The van der Waals surface area contributed by atoms with Gasteiger partial charge in [0.1, 0.15) is 5.75 Å². The summed E-state index contributed by atoms with van der Waals surface area (Å²) in [4.78, 5) is 8.55. The second-order valence-corrected chi connectivity index (χ2v) is 6.21. The highest BCUT2D eigenvalue weighted by Crippen LogP contribution is 2.18. The number of benzene rings is 2. The molecule has 27 heavy (non-hydrogen) atoms. The minimum absolute atomic E-state index is 0.0986. The largest absolute Gasteiger partial charge is 0.493 e. The molecule has 0 saturated carbocycles. The van der Waals surface area contributed by atoms with Gasteiger partial charge in [0.25, 0.3) is 0 Å². The van der Waals surface area contributed by atoms with Crippen LogP contribution in [0.15, 0.2) is 60.7 Å². The average Bonchev–Trinajstić information content (AvgIpc) is 2.62. The zero-order chi connectivity index (χ0) is 19.1. The van der Waals surface area contributed by atoms with E-state index in [4.69, 9.17) is 10.1 Å². The molecular weight excluding hydrogens is 338 g/mol. The Morgan fingerprint density at radius 3 is 2.41 bits per heavy atom. The van der Waals surface area contributed by atoms with Gasteiger partial charge in [0.2, 0.25) is 5.95 Å². The molecule has 3 aromatic rings. The van der Waals surface area contributed by atoms with Gasteiger partial charge in [-0.3, -0.25) is 10.7 Å². The first-order chi connectivity index (χ1) is 13.1. The van der Waals surface area contributed by atoms with Gasteiger partial charge in [0.05, 0.1) is 6.61 Å². The van der Waals surface area contributed by atoms with Gasteiger partial charge in [0, 0.05) is 29.6 Å². The monoisotopic (exact) mass is 361 g/mol. The fourth-order valence-electron chi connectivity index (χ4n) is 2.66. The summed E-state index contributed by atoms with van der Waals surface area (Å²) in [7, 11) is 0. The van der Waals surface area contributed by atoms with Crippen LogP contribution < -0.4 is 15.4 Å². The summed E-state index contributed by atoms with van der Waals surface area (Å²) in [6, 6.07) is 19.7. The molecule has 3 N–H and O–H groups in total. The van der Waals surface area contributed by atoms with Crippen molar-refractivity contribution in [2.75, 3.05) is 17.2 Å². The number of hydrogen-bond donors (Lipinski definition) is 3. The molecule has 0 amide bonds. The van der Waals surface area contributed by atoms with Crippen LogP contribution in [0.3, 0.4) is 0 Å². The smallest absolute Gasteiger partial charge is 0.229 e. The van der Waals surface area contributed by atoms with Crippen molar-refractivity contribution in [3.63, 3.8) is 0 Å². The van der Waals surface area contributed by atoms with Crippen LogP contribution in [0.1, 0.15) is 17.0 Å². The van der Waals surface area contributed by atoms with Crippen LogP contribution in [0.5, 0.6) is 5.75 Å². The second-order valence-electron chi connectivity index (χ2n) is 6.21. The fourth-order valence-corrected chi connectivity index (χ4v) is 2.66. The van der Waals surface area contributed by atoms with Crippen molar-refractivity contribution in [2.24, 2.45) is 0 Å². The molecule has 1 heterocycles. The highest BCUT2D eigenvalue weighted by Gasteiger charge is 2.04. The van der Waals surface area contributed by atoms with Crippen molar-refractivity contribution in [1.29, 1.82) is 5.41 Å². The molecule has 6 heteroatoms. The van der Waals surface area contributed by atoms with Gasteiger partial charge in [0.15, 0.2) is 5.96 Å². The van der Waals surface area contributed by atoms with E-state index < -0.39 is 0 Å². The lowest BCUT2D eigenvalue weighted by molar-refractivity contribution is 0.322. The normalized spacial score (nSPS) is 10.3. The molecule has 0 spiro atoms. The van der Waals surface area contributed by atoms with Crippen molar-refractivity contribution >= 4 is 17.6 Å². The predicted octanol–water partition coefficient (Wildman–Crippen LogP) is 4.17. The van der Waals surface area contributed by atoms with Crippen LogP contribution in [0, 0.1) is 19.3 Å². The Balaban J connectivity index is 1.54. The molecule has 2 aromatic carbocycles. The van der Waals surface area contributed by atoms with Crippen LogP contribution in [-0.2, 0) is 6.42 Å². The summed E-state index contributed by atoms with van der Waals surface area (Å²) in [6.45, 7) is 4.39. The zero-order valence-corrected chi connectivity index (χ0v) is 15.5. The van der Waals surface area contributed by atoms with Crippen LogP contribution in [0.4, 0.5) is 11.6 Å². The Bertz CT molecular complexity index is 891. The van der Waals surface area contributed by atoms with Gasteiger partial charge in [-0.25, -0.2) is 9.97 Å². The maximum absolute atomic E-state index is 8.08. The third kappa shape index (κ3) is 5.81. The molecule has 0 unspecified atom stereocenters. The molecule has 0 aliphatic heterocycles. The van der Waals surface area contributed by atoms with Gasteiger partial charge in [-0.05, 0) is 37.6 Å². The second kappa shape index (κ2) is 8.80. The van der Waals surface area contributed by atoms with Crippen LogP contribution in [0.25, 0.3) is 0 Å². The van der Waals surface area contributed by atoms with E-state index in [2.05, 4.69) is 32.7 Å². The highest BCUT2D eigenvalue weighted by atomic mass is 16.5. The molecule has 1 aromatic heterocycles. The van der Waals surface area contributed by atoms with Gasteiger partial charge < -0.3 is 10.1 Å². The standard InChI is InChI=1S/C21H23N5O/c1-15-13-16(2)24-21(23-15)26-20(22)25-18-9-6-10-19(14-18)27-12-11-17-7-4-3-5-8-17/h3-10,13-14H,11-12H2,1-2H3,(H3,22,23,24,25,26). The summed E-state index contributed by atoms with van der Waals surface area (Å²) >= 11 is 0. The summed E-state index contributed by atoms with van der Waals surface area (Å²) in [5.74, 6) is 1.26. The molecule has 6 nitrogen and oxygen atoms in total. The molecule has 0 saturated heterocycles. The van der Waals surface area contributed by atoms with Crippen molar-refractivity contribution in [3.05, 3.63) is 77.6 Å². The number of anilines is 2. The van der Waals surface area contributed by atoms with E-state index in [1.807, 2.05) is 62.4 Å². The van der Waals surface area contributed by atoms with E-state index in [9.17, 15) is 0 Å². The summed E-state index contributed by atoms with van der Waals surface area (Å²) < 4.78 is 5.83. The van der Waals surface area contributed by atoms with E-state index in [0.29, 0.717) is 12.6 Å². The van der Waals surface area contributed by atoms with Gasteiger partial charge in [-0.1, -0.05) is 36.4 Å². The first-order valence-electron chi connectivity index (χ1n) is 8.80. The molecule has 0 radical (unpaired) electrons. The molecule has 138 valence electrons. The zero-order valence-electron chi connectivity index (χ0n) is 15.5. The lowest BCUT2D eigenvalue weighted by Crippen LogP contribution is -2.22. The maximum Gasteiger partial charge on any atom is 0.229 e. The van der Waals surface area contributed by atoms with E-state index in [1.54, 1.807) is 0 Å². The third-order valence-corrected chi connectivity index (χ3v) is 3.82. The van der Waals surface area contributed by atoms with Gasteiger partial charge in [-0.15, -0.1) is 0 Å². The average molecular weight is 361 g/mol. The van der Waals surface area contributed by atoms with Crippen LogP contribution >= 0.6 is 0 Å². The minimum Gasteiger partial charge on any atom is -0.493 e. The topological polar surface area (TPSA) is 82.9 Å². The summed E-state index contributed by atoms with van der Waals surface area (Å²) in [5.41, 5.74) is 3.71. The molecular formula is C21H23N5O. The Labute approximate surface area is 159 Å². The Morgan fingerprint density at radius 2 is 1.67 bits per heavy atom. The highest BCUT2D eigenvalue weighted by molar-refractivity contribution is 6.00. The number of hydrogen-bond acceptors (Lipinski definition) is 4. The third-order valence-electron chi connectivity index (χ3n) is 3.82. The SMILES string of the molecule is Cc1cc(C)nc(NC(=N)Nc2cccc(OCCc3ccccc3)c2)n1. The van der Waals surface area contributed by atoms with E-state index in [-0.39, 0.29) is 5.96 Å². The van der Waals surface area contributed by atoms with Gasteiger partial charge >= 0.3 is 0 Å². The number of ether oxygens (including phenoxy) is 1. The molecule has 0 aliphatic rings. The molecule has 0 fully saturated rings. The molecule has 0 atom stereocenters. The molecule has 0 bridgehead atoms. The van der Waals surface area contributed by atoms with E-state index in [1.165, 1.54) is 5.56 Å². The number of aryl methyl sites for hydroxylation is 2. The van der Waals surface area contributed by atoms with E-state index >= 15 is 0 Å². The first-order valence-corrected chi connectivity index (χ1v) is 8.80. The van der Waals surface area contributed by atoms with Crippen molar-refractivity contribution in [1.82, 2.24) is 9.97 Å². The van der Waals surface area contributed by atoms with Crippen molar-refractivity contribution < 1.29 is 4.74 Å². The lowest BCUT2D eigenvalue weighted by atomic mass is 10.2. The summed E-state index contributed by atoms with van der Waals surface area (Å²) in [5, 5.41) is 13.9. The Kier molecular flexibility index (Phi) is 5.99. The van der Waals surface area contributed by atoms with E-state index in [0.717, 1.165) is 29.2 Å². The number of guanidine groups is 1. The predicted molar refractivity (Wildman–Crippen MR) is 109 cm³/mol. The van der Waals surface area contributed by atoms with Crippen LogP contribution in [0.2, 0.25) is 0 Å².